The predicted molar refractivity (Wildman–Crippen MR) is 174 cm³/mol. The number of phenolic OH excluding ortho intramolecular Hbond substituents is 2. The molecule has 0 saturated carbocycles. The highest BCUT2D eigenvalue weighted by molar-refractivity contribution is 7.10. The van der Waals surface area contributed by atoms with Gasteiger partial charge in [-0.1, -0.05) is 45.2 Å². The zero-order valence-corrected chi connectivity index (χ0v) is 26.0. The number of aromatic hydroxyl groups is 2. The summed E-state index contributed by atoms with van der Waals surface area (Å²) in [4.78, 5) is 12.3. The summed E-state index contributed by atoms with van der Waals surface area (Å²) in [5.41, 5.74) is 0.978. The first kappa shape index (κ1) is 32.1. The van der Waals surface area contributed by atoms with Gasteiger partial charge in [0.2, 0.25) is 0 Å². The SMILES string of the molecule is CCN(CCCCCC=Nc1cc(O)c(NCCCCCCN(CC)Cc2cccs2)cc1O)Cc1cccs1. The highest BCUT2D eigenvalue weighted by Crippen LogP contribution is 2.36. The average molecular weight is 585 g/mol. The lowest BCUT2D eigenvalue weighted by molar-refractivity contribution is 0.275. The van der Waals surface area contributed by atoms with Gasteiger partial charge in [0.05, 0.1) is 5.69 Å². The number of nitrogens with zero attached hydrogens (tertiary/aromatic N) is 3. The van der Waals surface area contributed by atoms with E-state index in [4.69, 9.17) is 0 Å². The number of thiophene rings is 2. The Morgan fingerprint density at radius 1 is 0.775 bits per heavy atom. The number of anilines is 1. The lowest BCUT2D eigenvalue weighted by atomic mass is 10.1. The first-order chi connectivity index (χ1) is 19.6. The molecule has 3 aromatic rings. The van der Waals surface area contributed by atoms with Crippen LogP contribution >= 0.6 is 22.7 Å². The lowest BCUT2D eigenvalue weighted by Crippen LogP contribution is -2.23. The monoisotopic (exact) mass is 584 g/mol. The van der Waals surface area contributed by atoms with Gasteiger partial charge in [-0.2, -0.15) is 0 Å². The third-order valence-corrected chi connectivity index (χ3v) is 8.88. The minimum Gasteiger partial charge on any atom is -0.506 e. The largest absolute Gasteiger partial charge is 0.506 e. The molecule has 8 heteroatoms. The molecule has 0 radical (unpaired) electrons. The number of benzene rings is 1. The van der Waals surface area contributed by atoms with Crippen LogP contribution in [-0.4, -0.2) is 59.0 Å². The molecule has 0 aliphatic rings. The van der Waals surface area contributed by atoms with E-state index in [2.05, 4.69) is 69.0 Å². The topological polar surface area (TPSA) is 71.3 Å². The van der Waals surface area contributed by atoms with E-state index in [0.29, 0.717) is 11.4 Å². The van der Waals surface area contributed by atoms with Gasteiger partial charge in [0.25, 0.3) is 0 Å². The molecular formula is C32H48N4O2S2. The maximum absolute atomic E-state index is 10.4. The number of aliphatic imine (C=N–C) groups is 1. The quantitative estimate of drug-likeness (QED) is 0.0507. The lowest BCUT2D eigenvalue weighted by Gasteiger charge is -2.19. The van der Waals surface area contributed by atoms with E-state index in [0.717, 1.165) is 77.9 Å². The van der Waals surface area contributed by atoms with E-state index < -0.39 is 0 Å². The summed E-state index contributed by atoms with van der Waals surface area (Å²) in [7, 11) is 0. The van der Waals surface area contributed by atoms with Gasteiger partial charge >= 0.3 is 0 Å². The second-order valence-electron chi connectivity index (χ2n) is 10.3. The van der Waals surface area contributed by atoms with Gasteiger partial charge in [0, 0.05) is 47.7 Å². The van der Waals surface area contributed by atoms with Crippen LogP contribution in [0.4, 0.5) is 11.4 Å². The zero-order chi connectivity index (χ0) is 28.4. The van der Waals surface area contributed by atoms with E-state index >= 15 is 0 Å². The van der Waals surface area contributed by atoms with Crippen molar-refractivity contribution in [2.45, 2.75) is 78.3 Å². The van der Waals surface area contributed by atoms with Crippen LogP contribution in [0.5, 0.6) is 11.5 Å². The Morgan fingerprint density at radius 2 is 1.38 bits per heavy atom. The number of phenols is 2. The van der Waals surface area contributed by atoms with Crippen molar-refractivity contribution in [1.82, 2.24) is 9.80 Å². The molecule has 3 rings (SSSR count). The third kappa shape index (κ3) is 12.0. The molecule has 0 spiro atoms. The summed E-state index contributed by atoms with van der Waals surface area (Å²) in [5, 5.41) is 28.4. The highest BCUT2D eigenvalue weighted by Gasteiger charge is 2.08. The molecular weight excluding hydrogens is 537 g/mol. The Hall–Kier alpha value is -2.39. The summed E-state index contributed by atoms with van der Waals surface area (Å²) in [6.45, 7) is 11.7. The van der Waals surface area contributed by atoms with Crippen LogP contribution in [0.15, 0.2) is 52.2 Å². The van der Waals surface area contributed by atoms with Crippen LogP contribution in [-0.2, 0) is 13.1 Å². The van der Waals surface area contributed by atoms with Gasteiger partial charge < -0.3 is 15.5 Å². The first-order valence-corrected chi connectivity index (χ1v) is 16.7. The maximum Gasteiger partial charge on any atom is 0.143 e. The highest BCUT2D eigenvalue weighted by atomic mass is 32.1. The van der Waals surface area contributed by atoms with Crippen molar-refractivity contribution in [3.63, 3.8) is 0 Å². The second kappa shape index (κ2) is 18.9. The van der Waals surface area contributed by atoms with Crippen LogP contribution in [0.1, 0.15) is 75.0 Å². The standard InChI is InChI=1S/C32H48N4O2S2/c1-3-35(25-27-15-13-21-39-27)19-11-7-5-9-17-33-29-23-32(38)30(24-31(29)37)34-18-10-6-8-12-20-36(4-2)26-28-16-14-22-40-28/h13-17,21-24,34,37-38H,3-12,18-20,25-26H2,1-2H3. The molecule has 2 aromatic heterocycles. The number of hydrogen-bond acceptors (Lipinski definition) is 8. The minimum absolute atomic E-state index is 0.0918. The Labute approximate surface area is 249 Å². The Bertz CT molecular complexity index is 1090. The van der Waals surface area contributed by atoms with Crippen molar-refractivity contribution in [2.75, 3.05) is 38.0 Å². The van der Waals surface area contributed by atoms with Gasteiger partial charge in [-0.15, -0.1) is 22.7 Å². The number of unbranched alkanes of at least 4 members (excludes halogenated alkanes) is 6. The summed E-state index contributed by atoms with van der Waals surface area (Å²) in [6, 6.07) is 11.8. The molecule has 0 aliphatic heterocycles. The average Bonchev–Trinajstić information content (AvgIpc) is 3.67. The Morgan fingerprint density at radius 3 is 1.95 bits per heavy atom. The van der Waals surface area contributed by atoms with E-state index in [9.17, 15) is 10.2 Å². The molecule has 1 aromatic carbocycles. The minimum atomic E-state index is 0.0918. The molecule has 0 saturated heterocycles. The van der Waals surface area contributed by atoms with Crippen LogP contribution in [0.2, 0.25) is 0 Å². The van der Waals surface area contributed by atoms with Crippen LogP contribution in [0, 0.1) is 0 Å². The second-order valence-corrected chi connectivity index (χ2v) is 12.3. The van der Waals surface area contributed by atoms with Gasteiger partial charge in [0.15, 0.2) is 0 Å². The summed E-state index contributed by atoms with van der Waals surface area (Å²) in [5.74, 6) is 0.219. The number of rotatable bonds is 21. The normalized spacial score (nSPS) is 11.8. The fourth-order valence-electron chi connectivity index (χ4n) is 4.70. The summed E-state index contributed by atoms with van der Waals surface area (Å²) < 4.78 is 0. The van der Waals surface area contributed by atoms with Gasteiger partial charge in [-0.3, -0.25) is 14.8 Å². The van der Waals surface area contributed by atoms with Crippen molar-refractivity contribution < 1.29 is 10.2 Å². The predicted octanol–water partition coefficient (Wildman–Crippen LogP) is 8.50. The molecule has 0 fully saturated rings. The summed E-state index contributed by atoms with van der Waals surface area (Å²) >= 11 is 3.65. The van der Waals surface area contributed by atoms with Crippen molar-refractivity contribution in [3.8, 4) is 11.5 Å². The molecule has 0 bridgehead atoms. The maximum atomic E-state index is 10.4. The van der Waals surface area contributed by atoms with E-state index in [-0.39, 0.29) is 11.5 Å². The first-order valence-electron chi connectivity index (χ1n) is 14.9. The van der Waals surface area contributed by atoms with Crippen LogP contribution < -0.4 is 5.32 Å². The van der Waals surface area contributed by atoms with Crippen molar-refractivity contribution in [1.29, 1.82) is 0 Å². The Kier molecular flexibility index (Phi) is 15.2. The molecule has 0 unspecified atom stereocenters. The van der Waals surface area contributed by atoms with E-state index in [1.54, 1.807) is 12.1 Å². The molecule has 40 heavy (non-hydrogen) atoms. The van der Waals surface area contributed by atoms with Crippen LogP contribution in [0.3, 0.4) is 0 Å². The fraction of sp³-hybridized carbons (Fsp3) is 0.531. The Balaban J connectivity index is 1.26. The third-order valence-electron chi connectivity index (χ3n) is 7.16. The van der Waals surface area contributed by atoms with Gasteiger partial charge in [-0.05, 0) is 81.2 Å². The van der Waals surface area contributed by atoms with Crippen molar-refractivity contribution in [2.24, 2.45) is 4.99 Å². The van der Waals surface area contributed by atoms with Crippen molar-refractivity contribution >= 4 is 40.3 Å². The molecule has 3 N–H and O–H groups in total. The van der Waals surface area contributed by atoms with Crippen LogP contribution in [0.25, 0.3) is 0 Å². The van der Waals surface area contributed by atoms with E-state index in [1.165, 1.54) is 29.0 Å². The molecule has 0 atom stereocenters. The zero-order valence-electron chi connectivity index (χ0n) is 24.4. The fourth-order valence-corrected chi connectivity index (χ4v) is 6.19. The molecule has 220 valence electrons. The molecule has 2 heterocycles. The number of nitrogens with one attached hydrogen (secondary N) is 1. The van der Waals surface area contributed by atoms with Gasteiger partial charge in [-0.25, -0.2) is 0 Å². The van der Waals surface area contributed by atoms with Gasteiger partial charge in [0.1, 0.15) is 17.2 Å². The summed E-state index contributed by atoms with van der Waals surface area (Å²) in [6.07, 6.45) is 10.7. The van der Waals surface area contributed by atoms with Crippen molar-refractivity contribution in [3.05, 3.63) is 56.9 Å². The number of hydrogen-bond donors (Lipinski definition) is 3. The van der Waals surface area contributed by atoms with E-state index in [1.807, 2.05) is 28.9 Å². The molecule has 6 nitrogen and oxygen atoms in total. The molecule has 0 amide bonds. The molecule has 0 aliphatic carbocycles. The smallest absolute Gasteiger partial charge is 0.143 e.